The van der Waals surface area contributed by atoms with Crippen molar-refractivity contribution in [3.05, 3.63) is 0 Å². The van der Waals surface area contributed by atoms with Gasteiger partial charge >= 0.3 is 5.97 Å². The largest absolute Gasteiger partial charge is 0.426 e. The zero-order chi connectivity index (χ0) is 10.1. The maximum absolute atomic E-state index is 11.0. The van der Waals surface area contributed by atoms with Crippen LogP contribution in [0.15, 0.2) is 0 Å². The van der Waals surface area contributed by atoms with Crippen molar-refractivity contribution in [2.24, 2.45) is 0 Å². The third kappa shape index (κ3) is 1.54. The molecule has 0 aromatic rings. The van der Waals surface area contributed by atoms with Gasteiger partial charge in [-0.2, -0.15) is 0 Å². The van der Waals surface area contributed by atoms with E-state index in [0.29, 0.717) is 0 Å². The predicted molar refractivity (Wildman–Crippen MR) is 42.9 cm³/mol. The second kappa shape index (κ2) is 3.25. The number of hydrogen-bond acceptors (Lipinski definition) is 5. The van der Waals surface area contributed by atoms with Gasteiger partial charge in [-0.25, -0.2) is 4.79 Å². The summed E-state index contributed by atoms with van der Waals surface area (Å²) in [5, 5.41) is 0. The molecular weight excluding hydrogens is 176 g/mol. The third-order valence-electron chi connectivity index (χ3n) is 2.38. The lowest BCUT2D eigenvalue weighted by atomic mass is 10.1. The first kappa shape index (κ1) is 10.4. The zero-order valence-electron chi connectivity index (χ0n) is 8.25. The number of hydrogen-bond donors (Lipinski definition) is 0. The first-order chi connectivity index (χ1) is 5.97. The molecule has 13 heavy (non-hydrogen) atoms. The molecule has 0 bridgehead atoms. The minimum atomic E-state index is -1.20. The molecule has 0 unspecified atom stereocenters. The quantitative estimate of drug-likeness (QED) is 0.585. The van der Waals surface area contributed by atoms with Gasteiger partial charge in [-0.05, 0) is 6.92 Å². The second-order valence-corrected chi connectivity index (χ2v) is 3.06. The van der Waals surface area contributed by atoms with Crippen molar-refractivity contribution < 1.29 is 23.7 Å². The molecule has 0 aliphatic carbocycles. The fourth-order valence-electron chi connectivity index (χ4n) is 1.14. The van der Waals surface area contributed by atoms with E-state index in [1.165, 1.54) is 14.2 Å². The van der Waals surface area contributed by atoms with Crippen molar-refractivity contribution in [2.75, 3.05) is 20.8 Å². The Morgan fingerprint density at radius 1 is 1.23 bits per heavy atom. The monoisotopic (exact) mass is 190 g/mol. The Morgan fingerprint density at radius 3 is 2.23 bits per heavy atom. The van der Waals surface area contributed by atoms with Gasteiger partial charge in [0, 0.05) is 21.1 Å². The fraction of sp³-hybridized carbons (Fsp3) is 0.875. The molecule has 1 saturated heterocycles. The number of carbonyl (C=O) groups is 1. The molecule has 2 atom stereocenters. The maximum atomic E-state index is 11.0. The van der Waals surface area contributed by atoms with Crippen molar-refractivity contribution in [1.82, 2.24) is 0 Å². The van der Waals surface area contributed by atoms with Gasteiger partial charge in [0.2, 0.25) is 5.79 Å². The summed E-state index contributed by atoms with van der Waals surface area (Å²) in [5.41, 5.74) is 0. The Morgan fingerprint density at radius 2 is 1.77 bits per heavy atom. The highest BCUT2D eigenvalue weighted by Crippen LogP contribution is 2.34. The van der Waals surface area contributed by atoms with E-state index in [0.717, 1.165) is 0 Å². The normalized spacial score (nSPS) is 40.2. The number of rotatable bonds is 2. The molecule has 0 spiro atoms. The summed E-state index contributed by atoms with van der Waals surface area (Å²) in [4.78, 5) is 11.0. The molecule has 0 N–H and O–H groups in total. The van der Waals surface area contributed by atoms with Crippen LogP contribution in [0.1, 0.15) is 13.8 Å². The van der Waals surface area contributed by atoms with Crippen LogP contribution in [-0.2, 0) is 23.7 Å². The van der Waals surface area contributed by atoms with Crippen molar-refractivity contribution in [3.63, 3.8) is 0 Å². The highest BCUT2D eigenvalue weighted by Gasteiger charge is 2.54. The standard InChI is InChI=1S/C8H14O5/c1-7(10-3)8(2,11-4)13-6(9)5-12-7/h5H2,1-4H3/t7-,8-/m0/s1. The first-order valence-electron chi connectivity index (χ1n) is 3.93. The molecule has 76 valence electrons. The van der Waals surface area contributed by atoms with Gasteiger partial charge in [0.25, 0.3) is 5.79 Å². The van der Waals surface area contributed by atoms with Crippen LogP contribution in [0.4, 0.5) is 0 Å². The van der Waals surface area contributed by atoms with E-state index < -0.39 is 17.5 Å². The van der Waals surface area contributed by atoms with E-state index in [9.17, 15) is 4.79 Å². The Balaban J connectivity index is 2.90. The smallest absolute Gasteiger partial charge is 0.334 e. The van der Waals surface area contributed by atoms with Gasteiger partial charge in [0.1, 0.15) is 6.61 Å². The van der Waals surface area contributed by atoms with E-state index in [1.807, 2.05) is 0 Å². The Kier molecular flexibility index (Phi) is 2.61. The highest BCUT2D eigenvalue weighted by atomic mass is 16.8. The van der Waals surface area contributed by atoms with Crippen molar-refractivity contribution in [3.8, 4) is 0 Å². The first-order valence-corrected chi connectivity index (χ1v) is 3.93. The summed E-state index contributed by atoms with van der Waals surface area (Å²) in [6, 6.07) is 0. The average Bonchev–Trinajstić information content (AvgIpc) is 2.12. The minimum absolute atomic E-state index is 0.122. The van der Waals surface area contributed by atoms with Crippen LogP contribution < -0.4 is 0 Å². The minimum Gasteiger partial charge on any atom is -0.426 e. The highest BCUT2D eigenvalue weighted by molar-refractivity contribution is 5.72. The third-order valence-corrected chi connectivity index (χ3v) is 2.38. The summed E-state index contributed by atoms with van der Waals surface area (Å²) in [6.07, 6.45) is 0. The molecule has 0 saturated carbocycles. The topological polar surface area (TPSA) is 54.0 Å². The lowest BCUT2D eigenvalue weighted by Gasteiger charge is -2.45. The van der Waals surface area contributed by atoms with Crippen LogP contribution in [0.2, 0.25) is 0 Å². The molecule has 1 aliphatic rings. The number of cyclic esters (lactones) is 1. The van der Waals surface area contributed by atoms with Crippen LogP contribution in [-0.4, -0.2) is 38.4 Å². The SMILES string of the molecule is CO[C@@]1(C)OCC(=O)O[C@]1(C)OC. The number of ether oxygens (including phenoxy) is 4. The number of carbonyl (C=O) groups excluding carboxylic acids is 1. The summed E-state index contributed by atoms with van der Waals surface area (Å²) in [7, 11) is 2.90. The summed E-state index contributed by atoms with van der Waals surface area (Å²) in [6.45, 7) is 3.12. The van der Waals surface area contributed by atoms with Gasteiger partial charge < -0.3 is 18.9 Å². The Hall–Kier alpha value is -0.650. The number of methoxy groups -OCH3 is 2. The zero-order valence-corrected chi connectivity index (χ0v) is 8.25. The second-order valence-electron chi connectivity index (χ2n) is 3.06. The van der Waals surface area contributed by atoms with Crippen LogP contribution >= 0.6 is 0 Å². The van der Waals surface area contributed by atoms with E-state index in [2.05, 4.69) is 0 Å². The Bertz CT molecular complexity index is 217. The molecular formula is C8H14O5. The van der Waals surface area contributed by atoms with Crippen molar-refractivity contribution in [2.45, 2.75) is 25.4 Å². The molecule has 0 aromatic heterocycles. The van der Waals surface area contributed by atoms with Crippen LogP contribution in [0.3, 0.4) is 0 Å². The molecule has 0 radical (unpaired) electrons. The lowest BCUT2D eigenvalue weighted by molar-refractivity contribution is -0.392. The van der Waals surface area contributed by atoms with E-state index >= 15 is 0 Å². The van der Waals surface area contributed by atoms with E-state index in [4.69, 9.17) is 18.9 Å². The molecule has 1 heterocycles. The summed E-state index contributed by atoms with van der Waals surface area (Å²) >= 11 is 0. The van der Waals surface area contributed by atoms with Crippen LogP contribution in [0.25, 0.3) is 0 Å². The van der Waals surface area contributed by atoms with E-state index in [-0.39, 0.29) is 6.61 Å². The Labute approximate surface area is 76.9 Å². The van der Waals surface area contributed by atoms with Gasteiger partial charge in [0.15, 0.2) is 0 Å². The molecule has 1 aliphatic heterocycles. The predicted octanol–water partition coefficient (Wildman–Crippen LogP) is 0.285. The number of esters is 1. The molecule has 5 heteroatoms. The summed E-state index contributed by atoms with van der Waals surface area (Å²) in [5.74, 6) is -2.72. The van der Waals surface area contributed by atoms with Crippen molar-refractivity contribution >= 4 is 5.97 Å². The molecule has 0 aromatic carbocycles. The molecule has 1 rings (SSSR count). The van der Waals surface area contributed by atoms with Gasteiger partial charge in [-0.1, -0.05) is 0 Å². The van der Waals surface area contributed by atoms with Crippen LogP contribution in [0, 0.1) is 0 Å². The molecule has 5 nitrogen and oxygen atoms in total. The van der Waals surface area contributed by atoms with Gasteiger partial charge in [0.05, 0.1) is 0 Å². The lowest BCUT2D eigenvalue weighted by Crippen LogP contribution is -2.61. The van der Waals surface area contributed by atoms with Crippen molar-refractivity contribution in [1.29, 1.82) is 0 Å². The van der Waals surface area contributed by atoms with Crippen LogP contribution in [0.5, 0.6) is 0 Å². The molecule has 1 fully saturated rings. The van der Waals surface area contributed by atoms with Gasteiger partial charge in [-0.15, -0.1) is 0 Å². The van der Waals surface area contributed by atoms with E-state index in [1.54, 1.807) is 13.8 Å². The maximum Gasteiger partial charge on any atom is 0.334 e. The average molecular weight is 190 g/mol. The summed E-state index contributed by atoms with van der Waals surface area (Å²) < 4.78 is 20.4. The van der Waals surface area contributed by atoms with Gasteiger partial charge in [-0.3, -0.25) is 0 Å². The fourth-order valence-corrected chi connectivity index (χ4v) is 1.14. The molecule has 0 amide bonds.